The lowest BCUT2D eigenvalue weighted by Crippen LogP contribution is -2.29. The zero-order valence-corrected chi connectivity index (χ0v) is 19.4. The Morgan fingerprint density at radius 2 is 2.03 bits per heavy atom. The highest BCUT2D eigenvalue weighted by atomic mass is 32.1. The molecule has 0 unspecified atom stereocenters. The molecule has 0 bridgehead atoms. The van der Waals surface area contributed by atoms with Crippen LogP contribution in [0, 0.1) is 12.7 Å². The number of amides is 1. The molecular formula is C25H19FN2O5S. The number of rotatable bonds is 5. The van der Waals surface area contributed by atoms with Gasteiger partial charge in [-0.05, 0) is 49.7 Å². The van der Waals surface area contributed by atoms with Crippen molar-refractivity contribution in [1.82, 2.24) is 4.98 Å². The number of ketones is 1. The van der Waals surface area contributed by atoms with Crippen LogP contribution in [0.4, 0.5) is 9.52 Å². The Morgan fingerprint density at radius 1 is 1.24 bits per heavy atom. The van der Waals surface area contributed by atoms with Crippen molar-refractivity contribution in [2.75, 3.05) is 11.5 Å². The third-order valence-electron chi connectivity index (χ3n) is 5.63. The van der Waals surface area contributed by atoms with E-state index < -0.39 is 23.2 Å². The number of hydrogen-bond donors (Lipinski definition) is 0. The van der Waals surface area contributed by atoms with Gasteiger partial charge >= 0.3 is 0 Å². The van der Waals surface area contributed by atoms with Crippen molar-refractivity contribution >= 4 is 39.1 Å². The van der Waals surface area contributed by atoms with Gasteiger partial charge in [0.1, 0.15) is 17.1 Å². The lowest BCUT2D eigenvalue weighted by atomic mass is 9.98. The summed E-state index contributed by atoms with van der Waals surface area (Å²) < 4.78 is 25.4. The van der Waals surface area contributed by atoms with Crippen LogP contribution in [-0.2, 0) is 0 Å². The topological polar surface area (TPSA) is 89.7 Å². The Labute approximate surface area is 197 Å². The Morgan fingerprint density at radius 3 is 2.74 bits per heavy atom. The van der Waals surface area contributed by atoms with Crippen LogP contribution in [0.5, 0.6) is 5.75 Å². The minimum atomic E-state index is -0.891. The molecule has 2 aromatic heterocycles. The van der Waals surface area contributed by atoms with E-state index in [1.165, 1.54) is 24.0 Å². The highest BCUT2D eigenvalue weighted by Gasteiger charge is 2.45. The molecule has 2 aromatic carbocycles. The lowest BCUT2D eigenvalue weighted by Gasteiger charge is -2.23. The highest BCUT2D eigenvalue weighted by Crippen LogP contribution is 2.43. The number of nitrogens with zero attached hydrogens (tertiary/aromatic N) is 2. The number of carbonyl (C=O) groups excluding carboxylic acids is 2. The first kappa shape index (κ1) is 22.0. The monoisotopic (exact) mass is 478 g/mol. The second-order valence-electron chi connectivity index (χ2n) is 7.86. The van der Waals surface area contributed by atoms with Crippen LogP contribution in [0.3, 0.4) is 0 Å². The van der Waals surface area contributed by atoms with Crippen molar-refractivity contribution in [3.05, 3.63) is 86.0 Å². The molecule has 1 aliphatic heterocycles. The van der Waals surface area contributed by atoms with Crippen LogP contribution in [0.1, 0.15) is 56.9 Å². The van der Waals surface area contributed by atoms with Crippen LogP contribution in [0.15, 0.2) is 51.7 Å². The molecule has 1 amide bonds. The summed E-state index contributed by atoms with van der Waals surface area (Å²) in [5, 5.41) is 0.305. The second kappa shape index (κ2) is 8.18. The Hall–Kier alpha value is -3.85. The number of benzene rings is 2. The van der Waals surface area contributed by atoms with Gasteiger partial charge in [-0.15, -0.1) is 0 Å². The fraction of sp³-hybridized carbons (Fsp3) is 0.200. The summed E-state index contributed by atoms with van der Waals surface area (Å²) >= 11 is 1.07. The van der Waals surface area contributed by atoms with Crippen molar-refractivity contribution in [3.8, 4) is 5.75 Å². The summed E-state index contributed by atoms with van der Waals surface area (Å²) in [4.78, 5) is 45.5. The first-order valence-corrected chi connectivity index (χ1v) is 11.4. The first-order chi connectivity index (χ1) is 16.3. The molecule has 0 spiro atoms. The average molecular weight is 479 g/mol. The average Bonchev–Trinajstić information content (AvgIpc) is 3.32. The number of Topliss-reactive ketones (excluding diaryl/α,β-unsaturated/α-hetero) is 1. The van der Waals surface area contributed by atoms with E-state index in [0.717, 1.165) is 17.4 Å². The SMILES string of the molecule is CCOc1cccc([C@H]2c3c(oc4ccc(F)cc4c3=O)C(=O)N2c2nc(C)c(C(C)=O)s2)c1. The third kappa shape index (κ3) is 3.40. The van der Waals surface area contributed by atoms with Gasteiger partial charge in [0.25, 0.3) is 5.91 Å². The number of hydrogen-bond acceptors (Lipinski definition) is 7. The molecule has 4 aromatic rings. The number of ether oxygens (including phenoxy) is 1. The summed E-state index contributed by atoms with van der Waals surface area (Å²) in [5.74, 6) is -0.882. The van der Waals surface area contributed by atoms with Crippen molar-refractivity contribution < 1.29 is 23.1 Å². The van der Waals surface area contributed by atoms with Crippen molar-refractivity contribution in [1.29, 1.82) is 0 Å². The molecule has 7 nitrogen and oxygen atoms in total. The normalized spacial score (nSPS) is 15.1. The van der Waals surface area contributed by atoms with Gasteiger partial charge in [0, 0.05) is 6.92 Å². The standard InChI is InChI=1S/C25H19FN2O5S/c1-4-32-16-7-5-6-14(10-16)20-19-21(30)17-11-15(26)8-9-18(17)33-22(19)24(31)28(20)25-27-12(2)23(34-25)13(3)29/h5-11,20H,4H2,1-3H3/t20-/m0/s1. The van der Waals surface area contributed by atoms with E-state index >= 15 is 0 Å². The largest absolute Gasteiger partial charge is 0.494 e. The Kier molecular flexibility index (Phi) is 5.28. The summed E-state index contributed by atoms with van der Waals surface area (Å²) in [6.45, 7) is 5.41. The third-order valence-corrected chi connectivity index (χ3v) is 6.89. The van der Waals surface area contributed by atoms with Crippen molar-refractivity contribution in [2.45, 2.75) is 26.8 Å². The molecule has 0 saturated heterocycles. The second-order valence-corrected chi connectivity index (χ2v) is 8.84. The van der Waals surface area contributed by atoms with Gasteiger partial charge in [0.15, 0.2) is 16.3 Å². The molecule has 0 N–H and O–H groups in total. The summed E-state index contributed by atoms with van der Waals surface area (Å²) in [6.07, 6.45) is 0. The molecule has 0 radical (unpaired) electrons. The zero-order chi connectivity index (χ0) is 24.1. The predicted octanol–water partition coefficient (Wildman–Crippen LogP) is 5.05. The maximum atomic E-state index is 14.0. The summed E-state index contributed by atoms with van der Waals surface area (Å²) in [6, 6.07) is 9.75. The maximum Gasteiger partial charge on any atom is 0.297 e. The van der Waals surface area contributed by atoms with Crippen LogP contribution in [-0.4, -0.2) is 23.3 Å². The highest BCUT2D eigenvalue weighted by molar-refractivity contribution is 7.17. The number of aromatic nitrogens is 1. The van der Waals surface area contributed by atoms with E-state index in [2.05, 4.69) is 4.98 Å². The molecule has 1 aliphatic rings. The Bertz CT molecular complexity index is 1540. The zero-order valence-electron chi connectivity index (χ0n) is 18.5. The van der Waals surface area contributed by atoms with Crippen molar-refractivity contribution in [2.24, 2.45) is 0 Å². The van der Waals surface area contributed by atoms with Gasteiger partial charge in [-0.2, -0.15) is 0 Å². The molecule has 5 rings (SSSR count). The maximum absolute atomic E-state index is 14.0. The number of anilines is 1. The molecule has 0 saturated carbocycles. The quantitative estimate of drug-likeness (QED) is 0.373. The first-order valence-electron chi connectivity index (χ1n) is 10.6. The molecule has 3 heterocycles. The molecule has 9 heteroatoms. The lowest BCUT2D eigenvalue weighted by molar-refractivity contribution is 0.0969. The fourth-order valence-electron chi connectivity index (χ4n) is 4.21. The van der Waals surface area contributed by atoms with E-state index in [1.807, 2.05) is 6.92 Å². The molecule has 0 fully saturated rings. The van der Waals surface area contributed by atoms with Gasteiger partial charge in [0.05, 0.1) is 34.2 Å². The molecular weight excluding hydrogens is 459 g/mol. The van der Waals surface area contributed by atoms with E-state index in [1.54, 1.807) is 31.2 Å². The van der Waals surface area contributed by atoms with E-state index in [4.69, 9.17) is 9.15 Å². The van der Waals surface area contributed by atoms with Gasteiger partial charge in [-0.25, -0.2) is 9.37 Å². The van der Waals surface area contributed by atoms with Gasteiger partial charge in [0.2, 0.25) is 5.76 Å². The van der Waals surface area contributed by atoms with Crippen molar-refractivity contribution in [3.63, 3.8) is 0 Å². The Balaban J connectivity index is 1.79. The molecule has 1 atom stereocenters. The van der Waals surface area contributed by atoms with Gasteiger partial charge in [-0.3, -0.25) is 19.3 Å². The number of fused-ring (bicyclic) bond motifs is 2. The summed E-state index contributed by atoms with van der Waals surface area (Å²) in [7, 11) is 0. The van der Waals surface area contributed by atoms with E-state index in [0.29, 0.717) is 28.5 Å². The smallest absolute Gasteiger partial charge is 0.297 e. The molecule has 34 heavy (non-hydrogen) atoms. The van der Waals surface area contributed by atoms with Crippen LogP contribution < -0.4 is 15.1 Å². The van der Waals surface area contributed by atoms with E-state index in [9.17, 15) is 18.8 Å². The van der Waals surface area contributed by atoms with Crippen LogP contribution >= 0.6 is 11.3 Å². The molecule has 172 valence electrons. The van der Waals surface area contributed by atoms with E-state index in [-0.39, 0.29) is 33.2 Å². The number of carbonyl (C=O) groups is 2. The minimum absolute atomic E-state index is 0.0408. The predicted molar refractivity (Wildman–Crippen MR) is 126 cm³/mol. The van der Waals surface area contributed by atoms with Crippen LogP contribution in [0.2, 0.25) is 0 Å². The number of aryl methyl sites for hydroxylation is 1. The number of halogens is 1. The summed E-state index contributed by atoms with van der Waals surface area (Å²) in [5.41, 5.74) is 0.789. The van der Waals surface area contributed by atoms with Crippen LogP contribution in [0.25, 0.3) is 11.0 Å². The minimum Gasteiger partial charge on any atom is -0.494 e. The molecule has 0 aliphatic carbocycles. The number of thiazole rings is 1. The van der Waals surface area contributed by atoms with Gasteiger partial charge in [-0.1, -0.05) is 23.5 Å². The fourth-order valence-corrected chi connectivity index (χ4v) is 5.20. The van der Waals surface area contributed by atoms with Gasteiger partial charge < -0.3 is 9.15 Å².